The van der Waals surface area contributed by atoms with E-state index in [1.165, 1.54) is 18.4 Å². The number of nitrogens with zero attached hydrogens (tertiary/aromatic N) is 1. The highest BCUT2D eigenvalue weighted by molar-refractivity contribution is 5.27. The van der Waals surface area contributed by atoms with Gasteiger partial charge in [-0.15, -0.1) is 0 Å². The van der Waals surface area contributed by atoms with Gasteiger partial charge in [-0.2, -0.15) is 0 Å². The Labute approximate surface area is 104 Å². The zero-order valence-corrected chi connectivity index (χ0v) is 10.8. The Morgan fingerprint density at radius 2 is 1.94 bits per heavy atom. The quantitative estimate of drug-likeness (QED) is 0.779. The summed E-state index contributed by atoms with van der Waals surface area (Å²) in [4.78, 5) is 2.12. The van der Waals surface area contributed by atoms with Crippen molar-refractivity contribution in [3.8, 4) is 5.75 Å². The Bertz CT molecular complexity index is 331. The Hall–Kier alpha value is -1.06. The molecular formula is C14H22N2O. The van der Waals surface area contributed by atoms with Crippen molar-refractivity contribution in [2.75, 3.05) is 27.2 Å². The SMILES string of the molecule is CN(C)CCOc1ccc(CNC2CC2)cc1. The first-order chi connectivity index (χ1) is 8.24. The molecule has 0 aromatic heterocycles. The van der Waals surface area contributed by atoms with Crippen LogP contribution in [0.15, 0.2) is 24.3 Å². The number of rotatable bonds is 7. The lowest BCUT2D eigenvalue weighted by Crippen LogP contribution is -2.19. The van der Waals surface area contributed by atoms with Gasteiger partial charge in [0.2, 0.25) is 0 Å². The molecule has 0 atom stereocenters. The average molecular weight is 234 g/mol. The molecule has 3 nitrogen and oxygen atoms in total. The molecule has 1 aromatic carbocycles. The fraction of sp³-hybridized carbons (Fsp3) is 0.571. The highest BCUT2D eigenvalue weighted by atomic mass is 16.5. The van der Waals surface area contributed by atoms with Gasteiger partial charge in [-0.3, -0.25) is 0 Å². The summed E-state index contributed by atoms with van der Waals surface area (Å²) in [6.45, 7) is 2.67. The van der Waals surface area contributed by atoms with E-state index in [-0.39, 0.29) is 0 Å². The fourth-order valence-corrected chi connectivity index (χ4v) is 1.60. The second kappa shape index (κ2) is 6.03. The number of likely N-dealkylation sites (N-methyl/N-ethyl adjacent to an activating group) is 1. The molecule has 0 saturated heterocycles. The van der Waals surface area contributed by atoms with Gasteiger partial charge in [0.15, 0.2) is 0 Å². The van der Waals surface area contributed by atoms with Crippen LogP contribution in [0.2, 0.25) is 0 Å². The van der Waals surface area contributed by atoms with Crippen molar-refractivity contribution in [3.63, 3.8) is 0 Å². The number of benzene rings is 1. The smallest absolute Gasteiger partial charge is 0.119 e. The van der Waals surface area contributed by atoms with Crippen molar-refractivity contribution >= 4 is 0 Å². The lowest BCUT2D eigenvalue weighted by atomic mass is 10.2. The zero-order chi connectivity index (χ0) is 12.1. The highest BCUT2D eigenvalue weighted by Crippen LogP contribution is 2.19. The van der Waals surface area contributed by atoms with Crippen LogP contribution in [0.1, 0.15) is 18.4 Å². The molecule has 1 aliphatic carbocycles. The Balaban J connectivity index is 1.72. The van der Waals surface area contributed by atoms with Gasteiger partial charge in [-0.1, -0.05) is 12.1 Å². The van der Waals surface area contributed by atoms with Crippen molar-refractivity contribution in [1.29, 1.82) is 0 Å². The molecule has 0 amide bonds. The second-order valence-electron chi connectivity index (χ2n) is 4.95. The molecule has 0 radical (unpaired) electrons. The van der Waals surface area contributed by atoms with Crippen LogP contribution in [0.4, 0.5) is 0 Å². The van der Waals surface area contributed by atoms with Gasteiger partial charge >= 0.3 is 0 Å². The summed E-state index contributed by atoms with van der Waals surface area (Å²) in [5.41, 5.74) is 1.33. The maximum Gasteiger partial charge on any atom is 0.119 e. The van der Waals surface area contributed by atoms with Crippen LogP contribution in [0.3, 0.4) is 0 Å². The number of ether oxygens (including phenoxy) is 1. The van der Waals surface area contributed by atoms with E-state index in [2.05, 4.69) is 48.6 Å². The standard InChI is InChI=1S/C14H22N2O/c1-16(2)9-10-17-14-7-3-12(4-8-14)11-15-13-5-6-13/h3-4,7-8,13,15H,5-6,9-11H2,1-2H3. The van der Waals surface area contributed by atoms with E-state index in [0.717, 1.165) is 31.5 Å². The summed E-state index contributed by atoms with van der Waals surface area (Å²) < 4.78 is 5.65. The van der Waals surface area contributed by atoms with Gasteiger partial charge in [0.05, 0.1) is 0 Å². The first-order valence-corrected chi connectivity index (χ1v) is 6.34. The summed E-state index contributed by atoms with van der Waals surface area (Å²) in [6, 6.07) is 9.16. The van der Waals surface area contributed by atoms with Crippen LogP contribution in [0.25, 0.3) is 0 Å². The minimum atomic E-state index is 0.743. The molecule has 1 saturated carbocycles. The summed E-state index contributed by atoms with van der Waals surface area (Å²) >= 11 is 0. The van der Waals surface area contributed by atoms with Gasteiger partial charge in [-0.05, 0) is 44.6 Å². The molecule has 1 aromatic rings. The third-order valence-corrected chi connectivity index (χ3v) is 2.90. The molecule has 0 aliphatic heterocycles. The predicted molar refractivity (Wildman–Crippen MR) is 70.4 cm³/mol. The van der Waals surface area contributed by atoms with Gasteiger partial charge in [0.1, 0.15) is 12.4 Å². The largest absolute Gasteiger partial charge is 0.492 e. The van der Waals surface area contributed by atoms with E-state index in [1.54, 1.807) is 0 Å². The van der Waals surface area contributed by atoms with Crippen LogP contribution < -0.4 is 10.1 Å². The summed E-state index contributed by atoms with van der Waals surface area (Å²) in [5, 5.41) is 3.50. The normalized spacial score (nSPS) is 15.2. The highest BCUT2D eigenvalue weighted by Gasteiger charge is 2.19. The van der Waals surface area contributed by atoms with Crippen molar-refractivity contribution in [2.24, 2.45) is 0 Å². The van der Waals surface area contributed by atoms with Gasteiger partial charge in [0, 0.05) is 19.1 Å². The van der Waals surface area contributed by atoms with Gasteiger partial charge in [-0.25, -0.2) is 0 Å². The Kier molecular flexibility index (Phi) is 4.40. The average Bonchev–Trinajstić information content (AvgIpc) is 3.11. The molecule has 0 spiro atoms. The summed E-state index contributed by atoms with van der Waals surface area (Å²) in [6.07, 6.45) is 2.68. The first kappa shape index (κ1) is 12.4. The van der Waals surface area contributed by atoms with E-state index in [4.69, 9.17) is 4.74 Å². The monoisotopic (exact) mass is 234 g/mol. The lowest BCUT2D eigenvalue weighted by Gasteiger charge is -2.11. The Morgan fingerprint density at radius 3 is 2.53 bits per heavy atom. The fourth-order valence-electron chi connectivity index (χ4n) is 1.60. The maximum absolute atomic E-state index is 5.65. The molecule has 3 heteroatoms. The molecule has 2 rings (SSSR count). The minimum absolute atomic E-state index is 0.743. The lowest BCUT2D eigenvalue weighted by molar-refractivity contribution is 0.261. The predicted octanol–water partition coefficient (Wildman–Crippen LogP) is 1.88. The van der Waals surface area contributed by atoms with Crippen molar-refractivity contribution in [2.45, 2.75) is 25.4 Å². The molecule has 1 fully saturated rings. The maximum atomic E-state index is 5.65. The molecule has 17 heavy (non-hydrogen) atoms. The van der Waals surface area contributed by atoms with E-state index < -0.39 is 0 Å². The summed E-state index contributed by atoms with van der Waals surface area (Å²) in [7, 11) is 4.10. The van der Waals surface area contributed by atoms with Crippen LogP contribution in [0, 0.1) is 0 Å². The topological polar surface area (TPSA) is 24.5 Å². The van der Waals surface area contributed by atoms with E-state index >= 15 is 0 Å². The number of hydrogen-bond acceptors (Lipinski definition) is 3. The third-order valence-electron chi connectivity index (χ3n) is 2.90. The number of hydrogen-bond donors (Lipinski definition) is 1. The van der Waals surface area contributed by atoms with Crippen molar-refractivity contribution in [1.82, 2.24) is 10.2 Å². The van der Waals surface area contributed by atoms with E-state index in [9.17, 15) is 0 Å². The van der Waals surface area contributed by atoms with Gasteiger partial charge < -0.3 is 15.0 Å². The molecule has 0 bridgehead atoms. The van der Waals surface area contributed by atoms with Crippen molar-refractivity contribution in [3.05, 3.63) is 29.8 Å². The second-order valence-corrected chi connectivity index (χ2v) is 4.95. The summed E-state index contributed by atoms with van der Waals surface area (Å²) in [5.74, 6) is 0.960. The van der Waals surface area contributed by atoms with Crippen LogP contribution in [0.5, 0.6) is 5.75 Å². The van der Waals surface area contributed by atoms with Crippen LogP contribution in [-0.4, -0.2) is 38.2 Å². The number of nitrogens with one attached hydrogen (secondary N) is 1. The van der Waals surface area contributed by atoms with E-state index in [1.807, 2.05) is 0 Å². The molecule has 1 N–H and O–H groups in total. The van der Waals surface area contributed by atoms with E-state index in [0.29, 0.717) is 0 Å². The molecule has 1 aliphatic rings. The third kappa shape index (κ3) is 4.75. The van der Waals surface area contributed by atoms with Crippen molar-refractivity contribution < 1.29 is 4.74 Å². The molecular weight excluding hydrogens is 212 g/mol. The molecule has 0 heterocycles. The zero-order valence-electron chi connectivity index (χ0n) is 10.8. The van der Waals surface area contributed by atoms with Crippen LogP contribution in [-0.2, 0) is 6.54 Å². The molecule has 0 unspecified atom stereocenters. The Morgan fingerprint density at radius 1 is 1.24 bits per heavy atom. The first-order valence-electron chi connectivity index (χ1n) is 6.34. The minimum Gasteiger partial charge on any atom is -0.492 e. The van der Waals surface area contributed by atoms with Gasteiger partial charge in [0.25, 0.3) is 0 Å². The molecule has 94 valence electrons. The van der Waals surface area contributed by atoms with Crippen LogP contribution >= 0.6 is 0 Å².